The smallest absolute Gasteiger partial charge is 0.259 e. The molecule has 1 aliphatic rings. The number of carbonyl (C=O) groups is 1. The van der Waals surface area contributed by atoms with E-state index in [1.165, 1.54) is 18.9 Å². The van der Waals surface area contributed by atoms with Gasteiger partial charge in [0.2, 0.25) is 0 Å². The number of nitrogens with zero attached hydrogens (tertiary/aromatic N) is 1. The van der Waals surface area contributed by atoms with Crippen LogP contribution in [0.5, 0.6) is 0 Å². The van der Waals surface area contributed by atoms with Crippen LogP contribution in [0.3, 0.4) is 0 Å². The summed E-state index contributed by atoms with van der Waals surface area (Å²) >= 11 is 1.11. The maximum Gasteiger partial charge on any atom is 0.259 e. The van der Waals surface area contributed by atoms with Gasteiger partial charge in [0, 0.05) is 28.8 Å². The molecule has 4 nitrogen and oxygen atoms in total. The third kappa shape index (κ3) is 5.35. The number of amides is 1. The lowest BCUT2D eigenvalue weighted by atomic mass is 10.1. The van der Waals surface area contributed by atoms with E-state index in [9.17, 15) is 9.18 Å². The zero-order valence-electron chi connectivity index (χ0n) is 15.8. The number of benzene rings is 1. The third-order valence-electron chi connectivity index (χ3n) is 4.65. The van der Waals surface area contributed by atoms with Gasteiger partial charge in [-0.05, 0) is 58.3 Å². The molecule has 0 bridgehead atoms. The molecule has 1 aliphatic heterocycles. The summed E-state index contributed by atoms with van der Waals surface area (Å²) < 4.78 is 14.1. The average molecular weight is 378 g/mol. The summed E-state index contributed by atoms with van der Waals surface area (Å²) in [7, 11) is 2.12. The number of halogens is 1. The fourth-order valence-electron chi connectivity index (χ4n) is 3.11. The highest BCUT2D eigenvalue weighted by Crippen LogP contribution is 2.34. The summed E-state index contributed by atoms with van der Waals surface area (Å²) in [5, 5.41) is 2.93. The number of allylic oxidation sites excluding steroid dienone is 1. The molecule has 1 aromatic carbocycles. The van der Waals surface area contributed by atoms with E-state index in [-0.39, 0.29) is 11.7 Å². The molecule has 1 atom stereocenters. The number of nitrogens with two attached hydrogens (primary N) is 1. The molecule has 26 heavy (non-hydrogen) atoms. The second-order valence-electron chi connectivity index (χ2n) is 6.84. The first kappa shape index (κ1) is 20.5. The lowest BCUT2D eigenvalue weighted by Crippen LogP contribution is -2.32. The van der Waals surface area contributed by atoms with E-state index < -0.39 is 0 Å². The Morgan fingerprint density at radius 3 is 2.81 bits per heavy atom. The van der Waals surface area contributed by atoms with Crippen molar-refractivity contribution in [1.29, 1.82) is 0 Å². The highest BCUT2D eigenvalue weighted by molar-refractivity contribution is 8.12. The van der Waals surface area contributed by atoms with Gasteiger partial charge < -0.3 is 16.0 Å². The maximum absolute atomic E-state index is 14.1. The Bertz CT molecular complexity index is 713. The summed E-state index contributed by atoms with van der Waals surface area (Å²) in [6.45, 7) is 9.13. The van der Waals surface area contributed by atoms with Crippen molar-refractivity contribution in [3.05, 3.63) is 52.3 Å². The van der Waals surface area contributed by atoms with Crippen molar-refractivity contribution in [2.75, 3.05) is 20.1 Å². The topological polar surface area (TPSA) is 58.4 Å². The summed E-state index contributed by atoms with van der Waals surface area (Å²) in [6.07, 6.45) is 3.29. The van der Waals surface area contributed by atoms with Crippen LogP contribution >= 0.6 is 11.8 Å². The van der Waals surface area contributed by atoms with Crippen LogP contribution in [0.1, 0.15) is 37.3 Å². The molecule has 1 aromatic rings. The number of thioether (sulfide) groups is 1. The van der Waals surface area contributed by atoms with Crippen molar-refractivity contribution in [3.8, 4) is 0 Å². The van der Waals surface area contributed by atoms with Crippen LogP contribution < -0.4 is 11.1 Å². The average Bonchev–Trinajstić information content (AvgIpc) is 2.97. The van der Waals surface area contributed by atoms with Gasteiger partial charge in [-0.25, -0.2) is 4.39 Å². The van der Waals surface area contributed by atoms with E-state index in [2.05, 4.69) is 23.8 Å². The number of carbonyl (C=O) groups excluding carboxylic acids is 1. The Kier molecular flexibility index (Phi) is 7.29. The molecule has 0 radical (unpaired) electrons. The van der Waals surface area contributed by atoms with Gasteiger partial charge in [0.15, 0.2) is 0 Å². The van der Waals surface area contributed by atoms with Crippen LogP contribution in [0.15, 0.2) is 35.4 Å². The Labute approximate surface area is 159 Å². The predicted octanol–water partition coefficient (Wildman–Crippen LogP) is 3.63. The molecule has 3 N–H and O–H groups in total. The molecule has 1 amide bonds. The molecule has 1 saturated heterocycles. The minimum absolute atomic E-state index is 0.232. The summed E-state index contributed by atoms with van der Waals surface area (Å²) in [6, 6.07) is 5.47. The quantitative estimate of drug-likeness (QED) is 0.713. The van der Waals surface area contributed by atoms with Crippen LogP contribution in [0.25, 0.3) is 4.91 Å². The summed E-state index contributed by atoms with van der Waals surface area (Å²) in [5.41, 5.74) is 7.53. The highest BCUT2D eigenvalue weighted by atomic mass is 32.2. The van der Waals surface area contributed by atoms with Crippen molar-refractivity contribution < 1.29 is 9.18 Å². The van der Waals surface area contributed by atoms with Crippen LogP contribution in [-0.2, 0) is 4.79 Å². The second-order valence-corrected chi connectivity index (χ2v) is 7.95. The highest BCUT2D eigenvalue weighted by Gasteiger charge is 2.21. The maximum atomic E-state index is 14.1. The van der Waals surface area contributed by atoms with Crippen molar-refractivity contribution in [1.82, 2.24) is 10.2 Å². The Morgan fingerprint density at radius 2 is 2.23 bits per heavy atom. The number of aryl methyl sites for hydroxylation is 1. The molecular formula is C20H28FN3OS. The van der Waals surface area contributed by atoms with Gasteiger partial charge in [-0.15, -0.1) is 0 Å². The minimum atomic E-state index is -0.346. The number of rotatable bonds is 7. The molecule has 0 spiro atoms. The van der Waals surface area contributed by atoms with Crippen LogP contribution in [0.4, 0.5) is 4.39 Å². The zero-order valence-corrected chi connectivity index (χ0v) is 16.6. The standard InChI is InChI=1S/C20H28FN3OS/c1-13-7-8-17(18(21)12-13)15(3)26-19(14(2)22)20(25)23-10-9-16-6-5-11-24(16)4/h7-8,12,16H,3,5-6,9-11,22H2,1-2,4H3,(H,23,25)/b19-14-. The van der Waals surface area contributed by atoms with Crippen LogP contribution in [0, 0.1) is 12.7 Å². The first-order valence-electron chi connectivity index (χ1n) is 8.87. The number of nitrogens with one attached hydrogen (secondary N) is 1. The van der Waals surface area contributed by atoms with Crippen molar-refractivity contribution in [2.24, 2.45) is 5.73 Å². The predicted molar refractivity (Wildman–Crippen MR) is 108 cm³/mol. The molecule has 1 fully saturated rings. The van der Waals surface area contributed by atoms with Gasteiger partial charge in [-0.2, -0.15) is 0 Å². The van der Waals surface area contributed by atoms with Crippen LogP contribution in [0.2, 0.25) is 0 Å². The molecule has 1 heterocycles. The number of hydrogen-bond acceptors (Lipinski definition) is 4. The lowest BCUT2D eigenvalue weighted by molar-refractivity contribution is -0.116. The van der Waals surface area contributed by atoms with Gasteiger partial charge in [0.25, 0.3) is 5.91 Å². The SMILES string of the molecule is C=C(S/C(C(=O)NCCC1CCCN1C)=C(/C)N)c1ccc(C)cc1F. The Balaban J connectivity index is 1.96. The van der Waals surface area contributed by atoms with E-state index in [1.54, 1.807) is 13.0 Å². The summed E-state index contributed by atoms with van der Waals surface area (Å²) in [4.78, 5) is 15.7. The Morgan fingerprint density at radius 1 is 1.50 bits per heavy atom. The normalized spacial score (nSPS) is 18.5. The first-order valence-corrected chi connectivity index (χ1v) is 9.69. The Hall–Kier alpha value is -1.79. The lowest BCUT2D eigenvalue weighted by Gasteiger charge is -2.19. The van der Waals surface area contributed by atoms with Crippen molar-refractivity contribution in [3.63, 3.8) is 0 Å². The number of hydrogen-bond donors (Lipinski definition) is 2. The van der Waals surface area contributed by atoms with Gasteiger partial charge >= 0.3 is 0 Å². The summed E-state index contributed by atoms with van der Waals surface area (Å²) in [5.74, 6) is -0.578. The van der Waals surface area contributed by atoms with Gasteiger partial charge in [-0.1, -0.05) is 30.5 Å². The fraction of sp³-hybridized carbons (Fsp3) is 0.450. The van der Waals surface area contributed by atoms with E-state index in [0.29, 0.717) is 33.7 Å². The molecular weight excluding hydrogens is 349 g/mol. The zero-order chi connectivity index (χ0) is 19.3. The van der Waals surface area contributed by atoms with Gasteiger partial charge in [0.05, 0.1) is 4.91 Å². The third-order valence-corrected chi connectivity index (χ3v) is 5.83. The van der Waals surface area contributed by atoms with Crippen LogP contribution in [-0.4, -0.2) is 37.0 Å². The van der Waals surface area contributed by atoms with Gasteiger partial charge in [-0.3, -0.25) is 4.79 Å². The van der Waals surface area contributed by atoms with Crippen molar-refractivity contribution in [2.45, 2.75) is 39.2 Å². The second kappa shape index (κ2) is 9.24. The van der Waals surface area contributed by atoms with E-state index >= 15 is 0 Å². The monoisotopic (exact) mass is 377 g/mol. The molecule has 6 heteroatoms. The van der Waals surface area contributed by atoms with E-state index in [4.69, 9.17) is 5.73 Å². The molecule has 0 aromatic heterocycles. The molecule has 1 unspecified atom stereocenters. The molecule has 0 aliphatic carbocycles. The van der Waals surface area contributed by atoms with E-state index in [1.807, 2.05) is 13.0 Å². The molecule has 0 saturated carbocycles. The van der Waals surface area contributed by atoms with Gasteiger partial charge in [0.1, 0.15) is 5.82 Å². The largest absolute Gasteiger partial charge is 0.401 e. The van der Waals surface area contributed by atoms with Crippen molar-refractivity contribution >= 4 is 22.6 Å². The van der Waals surface area contributed by atoms with E-state index in [0.717, 1.165) is 30.3 Å². The minimum Gasteiger partial charge on any atom is -0.401 e. The molecule has 142 valence electrons. The first-order chi connectivity index (χ1) is 12.3. The fourth-order valence-corrected chi connectivity index (χ4v) is 3.95. The molecule has 2 rings (SSSR count). The number of likely N-dealkylation sites (tertiary alicyclic amines) is 1.